The number of rotatable bonds is 15. The van der Waals surface area contributed by atoms with Gasteiger partial charge in [-0.05, 0) is 78.1 Å². The van der Waals surface area contributed by atoms with Crippen molar-refractivity contribution in [1.29, 1.82) is 0 Å². The molecule has 19 heteroatoms. The number of benzene rings is 1. The standard InChI is InChI=1S/C32H48ClFN6O10S/c1-9-39(26(29(42)47-10-2)30(43)50-48-11-3)28(41)25-23(18-20-17-21(34)14-15-24(20)33)27(40(36-25)51(45,46)37(7)8)38-16-12-13-22(19-38)35-31(44)49-32(4,5)6/h14-15,17,22,26,30,43H,9-13,16,18-19H2,1-8H3,(H,35,44)/t22-,26-,30?/m1/s1. The zero-order chi connectivity index (χ0) is 38.3. The maximum atomic E-state index is 14.6. The molecule has 1 unspecified atom stereocenters. The Kier molecular flexibility index (Phi) is 14.6. The molecule has 0 saturated carbocycles. The van der Waals surface area contributed by atoms with E-state index in [9.17, 15) is 32.3 Å². The Labute approximate surface area is 302 Å². The lowest BCUT2D eigenvalue weighted by Crippen LogP contribution is -2.53. The van der Waals surface area contributed by atoms with Gasteiger partial charge < -0.3 is 29.7 Å². The fraction of sp³-hybridized carbons (Fsp3) is 0.625. The van der Waals surface area contributed by atoms with Crippen LogP contribution in [0.15, 0.2) is 18.2 Å². The highest BCUT2D eigenvalue weighted by atomic mass is 35.5. The number of alkyl carbamates (subject to hydrolysis) is 1. The Hall–Kier alpha value is -3.55. The van der Waals surface area contributed by atoms with Crippen molar-refractivity contribution in [2.75, 3.05) is 51.8 Å². The van der Waals surface area contributed by atoms with Crippen molar-refractivity contribution >= 4 is 45.6 Å². The molecule has 16 nitrogen and oxygen atoms in total. The van der Waals surface area contributed by atoms with E-state index in [4.69, 9.17) is 30.8 Å². The van der Waals surface area contributed by atoms with Crippen molar-refractivity contribution < 1.29 is 51.5 Å². The Balaban J connectivity index is 2.30. The number of ether oxygens (including phenoxy) is 2. The summed E-state index contributed by atoms with van der Waals surface area (Å²) in [5.41, 5.74) is -0.967. The molecule has 2 amide bonds. The molecule has 3 rings (SSSR count). The minimum absolute atomic E-state index is 0.000986. The van der Waals surface area contributed by atoms with Crippen LogP contribution >= 0.6 is 11.6 Å². The summed E-state index contributed by atoms with van der Waals surface area (Å²) in [5, 5.41) is 18.2. The van der Waals surface area contributed by atoms with Crippen LogP contribution in [0.1, 0.15) is 76.0 Å². The number of hydrogen-bond donors (Lipinski definition) is 2. The summed E-state index contributed by atoms with van der Waals surface area (Å²) >= 11 is 6.49. The van der Waals surface area contributed by atoms with Crippen LogP contribution in [-0.2, 0) is 40.7 Å². The molecule has 0 bridgehead atoms. The van der Waals surface area contributed by atoms with Gasteiger partial charge in [-0.15, -0.1) is 9.19 Å². The van der Waals surface area contributed by atoms with Crippen LogP contribution < -0.4 is 10.2 Å². The lowest BCUT2D eigenvalue weighted by molar-refractivity contribution is -0.375. The van der Waals surface area contributed by atoms with Gasteiger partial charge in [-0.25, -0.2) is 23.8 Å². The minimum Gasteiger partial charge on any atom is -0.464 e. The number of carbonyl (C=O) groups is 3. The Morgan fingerprint density at radius 2 is 1.86 bits per heavy atom. The quantitative estimate of drug-likeness (QED) is 0.117. The average Bonchev–Trinajstić information content (AvgIpc) is 3.42. The zero-order valence-electron chi connectivity index (χ0n) is 30.1. The molecule has 1 saturated heterocycles. The van der Waals surface area contributed by atoms with Gasteiger partial charge in [-0.2, -0.15) is 12.7 Å². The van der Waals surface area contributed by atoms with Gasteiger partial charge in [0.25, 0.3) is 5.91 Å². The van der Waals surface area contributed by atoms with Gasteiger partial charge in [0.15, 0.2) is 11.7 Å². The zero-order valence-corrected chi connectivity index (χ0v) is 31.7. The summed E-state index contributed by atoms with van der Waals surface area (Å²) in [5.74, 6) is -2.68. The molecule has 0 radical (unpaired) electrons. The lowest BCUT2D eigenvalue weighted by atomic mass is 10.0. The van der Waals surface area contributed by atoms with Crippen LogP contribution in [-0.4, -0.2) is 121 Å². The summed E-state index contributed by atoms with van der Waals surface area (Å²) in [7, 11) is -1.89. The number of anilines is 1. The van der Waals surface area contributed by atoms with E-state index >= 15 is 0 Å². The topological polar surface area (TPSA) is 182 Å². The third kappa shape index (κ3) is 10.5. The number of esters is 1. The van der Waals surface area contributed by atoms with Crippen LogP contribution in [0.3, 0.4) is 0 Å². The van der Waals surface area contributed by atoms with E-state index in [1.165, 1.54) is 34.0 Å². The lowest BCUT2D eigenvalue weighted by Gasteiger charge is -2.35. The van der Waals surface area contributed by atoms with Gasteiger partial charge in [0, 0.05) is 56.8 Å². The molecule has 0 aliphatic carbocycles. The Morgan fingerprint density at radius 3 is 2.45 bits per heavy atom. The normalized spacial score (nSPS) is 16.5. The van der Waals surface area contributed by atoms with Gasteiger partial charge in [0.05, 0.1) is 13.2 Å². The third-order valence-electron chi connectivity index (χ3n) is 7.65. The first-order chi connectivity index (χ1) is 23.9. The van der Waals surface area contributed by atoms with E-state index in [0.717, 1.165) is 21.3 Å². The van der Waals surface area contributed by atoms with Crippen molar-refractivity contribution in [3.63, 3.8) is 0 Å². The first-order valence-corrected chi connectivity index (χ1v) is 18.3. The van der Waals surface area contributed by atoms with Gasteiger partial charge in [-0.3, -0.25) is 4.79 Å². The summed E-state index contributed by atoms with van der Waals surface area (Å²) in [6.45, 7) is 9.86. The fourth-order valence-electron chi connectivity index (χ4n) is 5.43. The van der Waals surface area contributed by atoms with Crippen molar-refractivity contribution in [2.45, 2.75) is 84.8 Å². The predicted molar refractivity (Wildman–Crippen MR) is 185 cm³/mol. The van der Waals surface area contributed by atoms with Gasteiger partial charge in [-0.1, -0.05) is 11.6 Å². The number of hydrogen-bond acceptors (Lipinski definition) is 12. The van der Waals surface area contributed by atoms with Crippen LogP contribution in [0.25, 0.3) is 0 Å². The maximum Gasteiger partial charge on any atom is 0.407 e. The van der Waals surface area contributed by atoms with Crippen molar-refractivity contribution in [3.05, 3.63) is 45.9 Å². The number of likely N-dealkylation sites (N-methyl/N-ethyl adjacent to an activating group) is 1. The molecule has 1 aromatic carbocycles. The molecule has 0 spiro atoms. The van der Waals surface area contributed by atoms with E-state index in [1.54, 1.807) is 32.6 Å². The fourth-order valence-corrected chi connectivity index (χ4v) is 6.55. The number of amides is 2. The number of nitrogens with one attached hydrogen (secondary N) is 1. The van der Waals surface area contributed by atoms with Crippen molar-refractivity contribution in [3.8, 4) is 0 Å². The molecule has 1 aliphatic rings. The van der Waals surface area contributed by atoms with Gasteiger partial charge in [0.2, 0.25) is 6.29 Å². The van der Waals surface area contributed by atoms with Crippen LogP contribution in [0, 0.1) is 5.82 Å². The number of aromatic nitrogens is 2. The molecular weight excluding hydrogens is 715 g/mol. The van der Waals surface area contributed by atoms with E-state index < -0.39 is 63.7 Å². The predicted octanol–water partition coefficient (Wildman–Crippen LogP) is 3.09. The summed E-state index contributed by atoms with van der Waals surface area (Å²) < 4.78 is 54.6. The van der Waals surface area contributed by atoms with Crippen LogP contribution in [0.5, 0.6) is 0 Å². The molecular formula is C32H48ClFN6O10S. The molecule has 286 valence electrons. The van der Waals surface area contributed by atoms with E-state index in [1.807, 2.05) is 0 Å². The largest absolute Gasteiger partial charge is 0.464 e. The molecule has 2 heterocycles. The SMILES string of the molecule is CCOOC(O)[C@@H](C(=O)OCC)N(CC)C(=O)c1nn(S(=O)(=O)N(C)C)c(N2CCC[C@@H](NC(=O)OC(C)(C)C)C2)c1Cc1cc(F)ccc1Cl. The minimum atomic E-state index is -4.45. The number of halogens is 2. The average molecular weight is 763 g/mol. The summed E-state index contributed by atoms with van der Waals surface area (Å²) in [6, 6.07) is 1.36. The van der Waals surface area contributed by atoms with E-state index in [2.05, 4.69) is 10.4 Å². The van der Waals surface area contributed by atoms with Gasteiger partial charge in [0.1, 0.15) is 17.2 Å². The van der Waals surface area contributed by atoms with Crippen LogP contribution in [0.4, 0.5) is 15.0 Å². The second kappa shape index (κ2) is 17.8. The molecule has 2 N–H and O–H groups in total. The number of piperidine rings is 1. The molecule has 1 aromatic heterocycles. The monoisotopic (exact) mass is 762 g/mol. The smallest absolute Gasteiger partial charge is 0.407 e. The molecule has 3 atom stereocenters. The highest BCUT2D eigenvalue weighted by molar-refractivity contribution is 7.87. The first kappa shape index (κ1) is 41.9. The van der Waals surface area contributed by atoms with Crippen LogP contribution in [0.2, 0.25) is 5.02 Å². The van der Waals surface area contributed by atoms with E-state index in [0.29, 0.717) is 16.9 Å². The van der Waals surface area contributed by atoms with E-state index in [-0.39, 0.29) is 61.2 Å². The highest BCUT2D eigenvalue weighted by Crippen LogP contribution is 2.34. The second-order valence-electron chi connectivity index (χ2n) is 12.8. The second-order valence-corrected chi connectivity index (χ2v) is 15.2. The summed E-state index contributed by atoms with van der Waals surface area (Å²) in [6.07, 6.45) is -1.94. The maximum absolute atomic E-state index is 14.6. The number of aliphatic hydroxyl groups is 1. The molecule has 2 aromatic rings. The molecule has 51 heavy (non-hydrogen) atoms. The molecule has 1 aliphatic heterocycles. The first-order valence-electron chi connectivity index (χ1n) is 16.5. The number of aliphatic hydroxyl groups excluding tert-OH is 1. The number of nitrogens with zero attached hydrogens (tertiary/aromatic N) is 5. The van der Waals surface area contributed by atoms with Crippen molar-refractivity contribution in [2.24, 2.45) is 0 Å². The highest BCUT2D eigenvalue weighted by Gasteiger charge is 2.42. The van der Waals surface area contributed by atoms with Crippen molar-refractivity contribution in [1.82, 2.24) is 23.7 Å². The Morgan fingerprint density at radius 1 is 1.18 bits per heavy atom. The number of carbonyl (C=O) groups excluding carboxylic acids is 3. The summed E-state index contributed by atoms with van der Waals surface area (Å²) in [4.78, 5) is 52.8. The molecule has 1 fully saturated rings. The Bertz CT molecular complexity index is 1650. The third-order valence-corrected chi connectivity index (χ3v) is 9.63. The van der Waals surface area contributed by atoms with Gasteiger partial charge >= 0.3 is 22.3 Å².